The second-order valence-electron chi connectivity index (χ2n) is 9.02. The summed E-state index contributed by atoms with van der Waals surface area (Å²) >= 11 is 6.36. The lowest BCUT2D eigenvalue weighted by Crippen LogP contribution is -2.45. The minimum atomic E-state index is 0.0557. The lowest BCUT2D eigenvalue weighted by molar-refractivity contribution is 0.0742. The maximum absolute atomic E-state index is 13.6. The number of benzene rings is 1. The number of carbonyl (C=O) groups is 1. The van der Waals surface area contributed by atoms with Gasteiger partial charge in [0.2, 0.25) is 0 Å². The van der Waals surface area contributed by atoms with Gasteiger partial charge in [0, 0.05) is 43.3 Å². The molecule has 8 heteroatoms. The molecule has 0 spiro atoms. The van der Waals surface area contributed by atoms with Crippen molar-refractivity contribution >= 4 is 23.2 Å². The molecule has 3 aromatic rings. The smallest absolute Gasteiger partial charge is 0.254 e. The Morgan fingerprint density at radius 3 is 2.56 bits per heavy atom. The molecule has 1 unspecified atom stereocenters. The number of fused-ring (bicyclic) bond motifs is 3. The van der Waals surface area contributed by atoms with E-state index in [9.17, 15) is 4.79 Å². The zero-order valence-corrected chi connectivity index (χ0v) is 19.9. The van der Waals surface area contributed by atoms with Gasteiger partial charge in [-0.25, -0.2) is 9.50 Å². The average Bonchev–Trinajstić information content (AvgIpc) is 3.36. The highest BCUT2D eigenvalue weighted by molar-refractivity contribution is 6.31. The summed E-state index contributed by atoms with van der Waals surface area (Å²) in [7, 11) is 2.16. The number of carbonyl (C=O) groups excluding carboxylic acids is 1. The first-order valence-electron chi connectivity index (χ1n) is 11.2. The zero-order chi connectivity index (χ0) is 22.6. The van der Waals surface area contributed by atoms with Gasteiger partial charge in [-0.1, -0.05) is 29.8 Å². The molecule has 168 valence electrons. The molecule has 2 aliphatic heterocycles. The van der Waals surface area contributed by atoms with Gasteiger partial charge in [-0.05, 0) is 39.4 Å². The standard InChI is InChI=1S/C24H29ClN6O/c1-15-22(25)17(3)31-23(26-15)20-13-30(14-21(20)27-31)24(32)19-8-6-5-7-18(19)16(2)29-11-9-28(4)10-12-29/h5-8,16H,9-14H2,1-4H3. The van der Waals surface area contributed by atoms with Gasteiger partial charge in [0.15, 0.2) is 5.65 Å². The van der Waals surface area contributed by atoms with Gasteiger partial charge < -0.3 is 9.80 Å². The third-order valence-electron chi connectivity index (χ3n) is 6.97. The van der Waals surface area contributed by atoms with Gasteiger partial charge in [0.05, 0.1) is 35.2 Å². The van der Waals surface area contributed by atoms with Crippen molar-refractivity contribution in [3.63, 3.8) is 0 Å². The molecule has 1 aromatic carbocycles. The molecule has 1 saturated heterocycles. The predicted molar refractivity (Wildman–Crippen MR) is 125 cm³/mol. The molecular weight excluding hydrogens is 424 g/mol. The van der Waals surface area contributed by atoms with Crippen LogP contribution in [-0.4, -0.2) is 68.4 Å². The van der Waals surface area contributed by atoms with Crippen LogP contribution in [0.2, 0.25) is 5.02 Å². The van der Waals surface area contributed by atoms with Gasteiger partial charge in [0.1, 0.15) is 0 Å². The van der Waals surface area contributed by atoms with E-state index in [-0.39, 0.29) is 11.9 Å². The number of aromatic nitrogens is 3. The van der Waals surface area contributed by atoms with Crippen LogP contribution >= 0.6 is 11.6 Å². The van der Waals surface area contributed by atoms with Crippen LogP contribution in [0.4, 0.5) is 0 Å². The summed E-state index contributed by atoms with van der Waals surface area (Å²) in [5, 5.41) is 5.36. The lowest BCUT2D eigenvalue weighted by Gasteiger charge is -2.37. The molecule has 2 aliphatic rings. The fourth-order valence-electron chi connectivity index (χ4n) is 4.89. The summed E-state index contributed by atoms with van der Waals surface area (Å²) < 4.78 is 1.81. The van der Waals surface area contributed by atoms with E-state index in [1.165, 1.54) is 0 Å². The highest BCUT2D eigenvalue weighted by atomic mass is 35.5. The van der Waals surface area contributed by atoms with Crippen LogP contribution in [0.15, 0.2) is 24.3 Å². The summed E-state index contributed by atoms with van der Waals surface area (Å²) in [5.74, 6) is 0.0557. The molecule has 0 radical (unpaired) electrons. The molecule has 4 heterocycles. The van der Waals surface area contributed by atoms with Gasteiger partial charge in [-0.3, -0.25) is 9.69 Å². The number of halogens is 1. The molecule has 2 aromatic heterocycles. The van der Waals surface area contributed by atoms with Crippen molar-refractivity contribution in [3.05, 3.63) is 63.1 Å². The molecule has 1 fully saturated rings. The number of rotatable bonds is 3. The number of hydrogen-bond donors (Lipinski definition) is 0. The van der Waals surface area contributed by atoms with E-state index in [0.717, 1.165) is 65.6 Å². The molecule has 7 nitrogen and oxygen atoms in total. The van der Waals surface area contributed by atoms with Gasteiger partial charge in [-0.15, -0.1) is 0 Å². The summed E-state index contributed by atoms with van der Waals surface area (Å²) in [4.78, 5) is 25.0. The number of aryl methyl sites for hydroxylation is 2. The van der Waals surface area contributed by atoms with E-state index in [0.29, 0.717) is 18.1 Å². The monoisotopic (exact) mass is 452 g/mol. The second kappa shape index (κ2) is 8.14. The molecule has 32 heavy (non-hydrogen) atoms. The Morgan fingerprint density at radius 1 is 1.09 bits per heavy atom. The molecule has 0 saturated carbocycles. The third kappa shape index (κ3) is 3.49. The third-order valence-corrected chi connectivity index (χ3v) is 7.52. The van der Waals surface area contributed by atoms with Crippen molar-refractivity contribution in [3.8, 4) is 0 Å². The molecular formula is C24H29ClN6O. The minimum Gasteiger partial charge on any atom is -0.328 e. The van der Waals surface area contributed by atoms with Crippen molar-refractivity contribution in [2.45, 2.75) is 39.9 Å². The van der Waals surface area contributed by atoms with E-state index < -0.39 is 0 Å². The minimum absolute atomic E-state index is 0.0557. The van der Waals surface area contributed by atoms with E-state index in [1.807, 2.05) is 41.5 Å². The zero-order valence-electron chi connectivity index (χ0n) is 19.1. The van der Waals surface area contributed by atoms with Crippen LogP contribution in [0.5, 0.6) is 0 Å². The predicted octanol–water partition coefficient (Wildman–Crippen LogP) is 3.46. The fraction of sp³-hybridized carbons (Fsp3) is 0.458. The van der Waals surface area contributed by atoms with Crippen molar-refractivity contribution < 1.29 is 4.79 Å². The first-order valence-corrected chi connectivity index (χ1v) is 11.6. The fourth-order valence-corrected chi connectivity index (χ4v) is 5.01. The van der Waals surface area contributed by atoms with Crippen LogP contribution in [0, 0.1) is 13.8 Å². The SMILES string of the molecule is Cc1nc2c3c(nn2c(C)c1Cl)CN(C(=O)c1ccccc1C(C)N1CCN(C)CC1)C3. The van der Waals surface area contributed by atoms with Crippen molar-refractivity contribution in [1.29, 1.82) is 0 Å². The van der Waals surface area contributed by atoms with Crippen molar-refractivity contribution in [1.82, 2.24) is 29.3 Å². The first-order chi connectivity index (χ1) is 15.3. The summed E-state index contributed by atoms with van der Waals surface area (Å²) in [6, 6.07) is 8.24. The van der Waals surface area contributed by atoms with E-state index in [4.69, 9.17) is 16.7 Å². The van der Waals surface area contributed by atoms with Crippen LogP contribution < -0.4 is 0 Å². The van der Waals surface area contributed by atoms with Gasteiger partial charge in [0.25, 0.3) is 5.91 Å². The van der Waals surface area contributed by atoms with Crippen LogP contribution in [0.25, 0.3) is 5.65 Å². The average molecular weight is 453 g/mol. The topological polar surface area (TPSA) is 57.0 Å². The van der Waals surface area contributed by atoms with E-state index in [1.54, 1.807) is 0 Å². The largest absolute Gasteiger partial charge is 0.328 e. The summed E-state index contributed by atoms with van der Waals surface area (Å²) in [5.41, 5.74) is 6.27. The number of amides is 1. The Labute approximate surface area is 193 Å². The Kier molecular flexibility index (Phi) is 5.43. The van der Waals surface area contributed by atoms with E-state index in [2.05, 4.69) is 34.8 Å². The highest BCUT2D eigenvalue weighted by Gasteiger charge is 2.32. The van der Waals surface area contributed by atoms with Crippen molar-refractivity contribution in [2.24, 2.45) is 0 Å². The summed E-state index contributed by atoms with van der Waals surface area (Å²) in [6.07, 6.45) is 0. The maximum Gasteiger partial charge on any atom is 0.254 e. The van der Waals surface area contributed by atoms with Gasteiger partial charge >= 0.3 is 0 Å². The molecule has 0 bridgehead atoms. The number of nitrogens with zero attached hydrogens (tertiary/aromatic N) is 6. The van der Waals surface area contributed by atoms with Gasteiger partial charge in [-0.2, -0.15) is 5.10 Å². The quantitative estimate of drug-likeness (QED) is 0.609. The summed E-state index contributed by atoms with van der Waals surface area (Å²) in [6.45, 7) is 11.2. The van der Waals surface area contributed by atoms with E-state index >= 15 is 0 Å². The highest BCUT2D eigenvalue weighted by Crippen LogP contribution is 2.32. The molecule has 1 amide bonds. The first kappa shape index (κ1) is 21.4. The Balaban J connectivity index is 1.41. The Bertz CT molecular complexity index is 1200. The van der Waals surface area contributed by atoms with Crippen LogP contribution in [-0.2, 0) is 13.1 Å². The number of piperazine rings is 1. The number of hydrogen-bond acceptors (Lipinski definition) is 5. The van der Waals surface area contributed by atoms with Crippen LogP contribution in [0.3, 0.4) is 0 Å². The molecule has 5 rings (SSSR count). The Morgan fingerprint density at radius 2 is 1.81 bits per heavy atom. The number of likely N-dealkylation sites (N-methyl/N-ethyl adjacent to an activating group) is 1. The lowest BCUT2D eigenvalue weighted by atomic mass is 9.98. The maximum atomic E-state index is 13.6. The molecule has 1 atom stereocenters. The molecule has 0 N–H and O–H groups in total. The Hall–Kier alpha value is -2.48. The van der Waals surface area contributed by atoms with Crippen LogP contribution in [0.1, 0.15) is 51.5 Å². The normalized spacial score (nSPS) is 18.3. The van der Waals surface area contributed by atoms with Crippen molar-refractivity contribution in [2.75, 3.05) is 33.2 Å². The second-order valence-corrected chi connectivity index (χ2v) is 9.40. The molecule has 0 aliphatic carbocycles.